The lowest BCUT2D eigenvalue weighted by molar-refractivity contribution is 0.0692. The number of carbonyl (C=O) groups is 1. The molecule has 3 nitrogen and oxygen atoms in total. The van der Waals surface area contributed by atoms with E-state index < -0.39 is 0 Å². The van der Waals surface area contributed by atoms with E-state index in [-0.39, 0.29) is 5.91 Å². The van der Waals surface area contributed by atoms with E-state index in [0.717, 1.165) is 36.8 Å². The normalized spacial score (nSPS) is 16.9. The molecule has 0 spiro atoms. The Hall–Kier alpha value is -1.19. The molecule has 0 atom stereocenters. The lowest BCUT2D eigenvalue weighted by Crippen LogP contribution is -2.38. The number of fused-ring (bicyclic) bond motifs is 1. The summed E-state index contributed by atoms with van der Waals surface area (Å²) in [5, 5.41) is 1.88. The summed E-state index contributed by atoms with van der Waals surface area (Å²) < 4.78 is 0. The van der Waals surface area contributed by atoms with E-state index >= 15 is 0 Å². The zero-order valence-corrected chi connectivity index (χ0v) is 12.8. The Bertz CT molecular complexity index is 657. The highest BCUT2D eigenvalue weighted by atomic mass is 35.5. The number of nitrogens with zero attached hydrogens (tertiary/aromatic N) is 1. The largest absolute Gasteiger partial charge is 0.349 e. The molecule has 2 heterocycles. The molecular formula is C15H16Cl2N2O. The summed E-state index contributed by atoms with van der Waals surface area (Å²) in [6.07, 6.45) is 2.10. The number of nitrogens with one attached hydrogen (secondary N) is 1. The topological polar surface area (TPSA) is 36.1 Å². The quantitative estimate of drug-likeness (QED) is 0.835. The van der Waals surface area contributed by atoms with Gasteiger partial charge in [-0.15, -0.1) is 0 Å². The van der Waals surface area contributed by atoms with Crippen molar-refractivity contribution in [2.75, 3.05) is 13.1 Å². The van der Waals surface area contributed by atoms with Gasteiger partial charge in [-0.05, 0) is 37.0 Å². The molecular weight excluding hydrogens is 295 g/mol. The van der Waals surface area contributed by atoms with Gasteiger partial charge < -0.3 is 9.88 Å². The highest BCUT2D eigenvalue weighted by Gasteiger charge is 2.25. The van der Waals surface area contributed by atoms with Gasteiger partial charge in [-0.2, -0.15) is 0 Å². The van der Waals surface area contributed by atoms with Gasteiger partial charge in [0.05, 0.1) is 5.02 Å². The fourth-order valence-electron chi connectivity index (χ4n) is 2.65. The van der Waals surface area contributed by atoms with Crippen LogP contribution in [0.1, 0.15) is 30.3 Å². The van der Waals surface area contributed by atoms with E-state index in [1.807, 2.05) is 11.0 Å². The summed E-state index contributed by atoms with van der Waals surface area (Å²) in [5.74, 6) is 0.672. The number of H-pyrrole nitrogens is 1. The van der Waals surface area contributed by atoms with Crippen molar-refractivity contribution >= 4 is 40.0 Å². The third kappa shape index (κ3) is 2.40. The second kappa shape index (κ2) is 5.30. The number of carbonyl (C=O) groups excluding carboxylic acids is 1. The number of aromatic nitrogens is 1. The molecule has 1 aliphatic rings. The number of likely N-dealkylation sites (tertiary alicyclic amines) is 1. The van der Waals surface area contributed by atoms with Gasteiger partial charge in [-0.25, -0.2) is 0 Å². The molecule has 1 saturated heterocycles. The summed E-state index contributed by atoms with van der Waals surface area (Å²) >= 11 is 12.3. The van der Waals surface area contributed by atoms with Gasteiger partial charge in [0.2, 0.25) is 0 Å². The Morgan fingerprint density at radius 3 is 2.70 bits per heavy atom. The monoisotopic (exact) mass is 310 g/mol. The number of aromatic amines is 1. The maximum Gasteiger partial charge on any atom is 0.271 e. The standard InChI is InChI=1S/C15H16Cl2N2O/c1-9-4-6-19(7-5-9)15(20)14-13(17)11-8-10(16)2-3-12(11)18-14/h2-3,8-9,18H,4-7H2,1H3. The van der Waals surface area contributed by atoms with Crippen LogP contribution in [0.2, 0.25) is 10.0 Å². The fraction of sp³-hybridized carbons (Fsp3) is 0.400. The van der Waals surface area contributed by atoms with Crippen molar-refractivity contribution in [3.05, 3.63) is 33.9 Å². The highest BCUT2D eigenvalue weighted by molar-refractivity contribution is 6.39. The first-order valence-electron chi connectivity index (χ1n) is 6.82. The van der Waals surface area contributed by atoms with Crippen LogP contribution >= 0.6 is 23.2 Å². The molecule has 3 rings (SSSR count). The average molecular weight is 311 g/mol. The van der Waals surface area contributed by atoms with Crippen LogP contribution in [0.15, 0.2) is 18.2 Å². The third-order valence-electron chi connectivity index (χ3n) is 3.98. The molecule has 1 aromatic heterocycles. The van der Waals surface area contributed by atoms with Crippen LogP contribution < -0.4 is 0 Å². The van der Waals surface area contributed by atoms with Gasteiger partial charge in [0, 0.05) is 29.0 Å². The van der Waals surface area contributed by atoms with Crippen LogP contribution in [0.25, 0.3) is 10.9 Å². The number of amides is 1. The van der Waals surface area contributed by atoms with Crippen LogP contribution in [0.3, 0.4) is 0 Å². The van der Waals surface area contributed by atoms with Crippen molar-refractivity contribution < 1.29 is 4.79 Å². The minimum atomic E-state index is -0.0192. The molecule has 5 heteroatoms. The summed E-state index contributed by atoms with van der Waals surface area (Å²) in [4.78, 5) is 17.5. The molecule has 0 aliphatic carbocycles. The van der Waals surface area contributed by atoms with Crippen molar-refractivity contribution in [3.8, 4) is 0 Å². The van der Waals surface area contributed by atoms with Crippen molar-refractivity contribution in [1.29, 1.82) is 0 Å². The van der Waals surface area contributed by atoms with E-state index in [1.54, 1.807) is 12.1 Å². The lowest BCUT2D eigenvalue weighted by Gasteiger charge is -2.30. The molecule has 106 valence electrons. The first-order valence-corrected chi connectivity index (χ1v) is 7.58. The van der Waals surface area contributed by atoms with Crippen molar-refractivity contribution in [3.63, 3.8) is 0 Å². The lowest BCUT2D eigenvalue weighted by atomic mass is 9.99. The van der Waals surface area contributed by atoms with Gasteiger partial charge in [0.15, 0.2) is 0 Å². The van der Waals surface area contributed by atoms with E-state index in [1.165, 1.54) is 0 Å². The fourth-order valence-corrected chi connectivity index (χ4v) is 3.10. The molecule has 0 saturated carbocycles. The number of piperidine rings is 1. The summed E-state index contributed by atoms with van der Waals surface area (Å²) in [6.45, 7) is 3.82. The van der Waals surface area contributed by atoms with Gasteiger partial charge >= 0.3 is 0 Å². The molecule has 0 radical (unpaired) electrons. The average Bonchev–Trinajstić information content (AvgIpc) is 2.76. The second-order valence-corrected chi connectivity index (χ2v) is 6.29. The number of hydrogen-bond donors (Lipinski definition) is 1. The highest BCUT2D eigenvalue weighted by Crippen LogP contribution is 2.31. The second-order valence-electron chi connectivity index (χ2n) is 5.48. The molecule has 0 bridgehead atoms. The maximum absolute atomic E-state index is 12.6. The number of rotatable bonds is 1. The summed E-state index contributed by atoms with van der Waals surface area (Å²) in [5.41, 5.74) is 1.31. The van der Waals surface area contributed by atoms with Crippen molar-refractivity contribution in [2.24, 2.45) is 5.92 Å². The van der Waals surface area contributed by atoms with Gasteiger partial charge in [0.1, 0.15) is 5.69 Å². The van der Waals surface area contributed by atoms with Gasteiger partial charge in [-0.1, -0.05) is 30.1 Å². The van der Waals surface area contributed by atoms with E-state index in [4.69, 9.17) is 23.2 Å². The summed E-state index contributed by atoms with van der Waals surface area (Å²) in [7, 11) is 0. The molecule has 1 N–H and O–H groups in total. The zero-order chi connectivity index (χ0) is 14.3. The molecule has 20 heavy (non-hydrogen) atoms. The first-order chi connectivity index (χ1) is 9.56. The minimum absolute atomic E-state index is 0.0192. The minimum Gasteiger partial charge on any atom is -0.349 e. The Balaban J connectivity index is 1.93. The Kier molecular flexibility index (Phi) is 3.65. The molecule has 1 aliphatic heterocycles. The smallest absolute Gasteiger partial charge is 0.271 e. The van der Waals surface area contributed by atoms with E-state index in [0.29, 0.717) is 21.7 Å². The van der Waals surface area contributed by atoms with Crippen LogP contribution in [-0.2, 0) is 0 Å². The number of benzene rings is 1. The van der Waals surface area contributed by atoms with Crippen molar-refractivity contribution in [2.45, 2.75) is 19.8 Å². The molecule has 1 amide bonds. The van der Waals surface area contributed by atoms with Crippen LogP contribution in [-0.4, -0.2) is 28.9 Å². The Morgan fingerprint density at radius 2 is 2.00 bits per heavy atom. The summed E-state index contributed by atoms with van der Waals surface area (Å²) in [6, 6.07) is 5.41. The SMILES string of the molecule is CC1CCN(C(=O)c2[nH]c3ccc(Cl)cc3c2Cl)CC1. The number of halogens is 2. The van der Waals surface area contributed by atoms with E-state index in [9.17, 15) is 4.79 Å². The first kappa shape index (κ1) is 13.8. The maximum atomic E-state index is 12.6. The molecule has 1 fully saturated rings. The predicted octanol–water partition coefficient (Wildman–Crippen LogP) is 4.35. The van der Waals surface area contributed by atoms with Gasteiger partial charge in [0.25, 0.3) is 5.91 Å². The van der Waals surface area contributed by atoms with Gasteiger partial charge in [-0.3, -0.25) is 4.79 Å². The Morgan fingerprint density at radius 1 is 1.30 bits per heavy atom. The van der Waals surface area contributed by atoms with E-state index in [2.05, 4.69) is 11.9 Å². The van der Waals surface area contributed by atoms with Crippen LogP contribution in [0, 0.1) is 5.92 Å². The molecule has 1 aromatic carbocycles. The third-order valence-corrected chi connectivity index (χ3v) is 4.61. The number of hydrogen-bond acceptors (Lipinski definition) is 1. The van der Waals surface area contributed by atoms with Crippen LogP contribution in [0.5, 0.6) is 0 Å². The zero-order valence-electron chi connectivity index (χ0n) is 11.2. The molecule has 0 unspecified atom stereocenters. The molecule has 2 aromatic rings. The Labute approximate surface area is 127 Å². The van der Waals surface area contributed by atoms with Crippen molar-refractivity contribution in [1.82, 2.24) is 9.88 Å². The predicted molar refractivity (Wildman–Crippen MR) is 82.6 cm³/mol. The van der Waals surface area contributed by atoms with Crippen LogP contribution in [0.4, 0.5) is 0 Å².